The molecule has 3 atom stereocenters. The summed E-state index contributed by atoms with van der Waals surface area (Å²) >= 11 is 0. The van der Waals surface area contributed by atoms with Crippen LogP contribution in [0.25, 0.3) is 0 Å². The standard InChI is InChI=1S/C15H17N3O3/c1-9-7-12(9)17-13(16-15(5-6-15)14(17)19)10-3-2-4-11(8-10)18(20)21/h2-4,8-9,12-13,16H,5-7H2,1H3. The van der Waals surface area contributed by atoms with E-state index in [1.807, 2.05) is 11.0 Å². The maximum atomic E-state index is 12.6. The van der Waals surface area contributed by atoms with Crippen molar-refractivity contribution in [1.29, 1.82) is 0 Å². The fourth-order valence-corrected chi connectivity index (χ4v) is 3.33. The van der Waals surface area contributed by atoms with Gasteiger partial charge in [-0.05, 0) is 30.7 Å². The van der Waals surface area contributed by atoms with Crippen molar-refractivity contribution in [2.45, 2.75) is 43.9 Å². The molecular formula is C15H17N3O3. The minimum Gasteiger partial charge on any atom is -0.318 e. The van der Waals surface area contributed by atoms with E-state index in [1.54, 1.807) is 12.1 Å². The number of amides is 1. The molecule has 4 rings (SSSR count). The van der Waals surface area contributed by atoms with E-state index in [1.165, 1.54) is 6.07 Å². The molecule has 1 N–H and O–H groups in total. The van der Waals surface area contributed by atoms with Gasteiger partial charge in [0.05, 0.1) is 4.92 Å². The van der Waals surface area contributed by atoms with Crippen molar-refractivity contribution in [1.82, 2.24) is 10.2 Å². The third kappa shape index (κ3) is 1.86. The van der Waals surface area contributed by atoms with Gasteiger partial charge in [-0.25, -0.2) is 0 Å². The zero-order valence-corrected chi connectivity index (χ0v) is 11.8. The third-order valence-corrected chi connectivity index (χ3v) is 4.91. The Labute approximate surface area is 122 Å². The molecule has 1 heterocycles. The Morgan fingerprint density at radius 3 is 2.71 bits per heavy atom. The summed E-state index contributed by atoms with van der Waals surface area (Å²) in [6.45, 7) is 2.14. The van der Waals surface area contributed by atoms with Gasteiger partial charge in [-0.1, -0.05) is 19.1 Å². The van der Waals surface area contributed by atoms with Crippen LogP contribution in [-0.2, 0) is 4.79 Å². The summed E-state index contributed by atoms with van der Waals surface area (Å²) in [5.41, 5.74) is 0.486. The van der Waals surface area contributed by atoms with Crippen LogP contribution in [0.1, 0.15) is 37.9 Å². The van der Waals surface area contributed by atoms with Gasteiger partial charge in [0, 0.05) is 18.2 Å². The summed E-state index contributed by atoms with van der Waals surface area (Å²) in [4.78, 5) is 25.1. The van der Waals surface area contributed by atoms with Crippen LogP contribution in [-0.4, -0.2) is 27.3 Å². The molecule has 0 bridgehead atoms. The highest BCUT2D eigenvalue weighted by Gasteiger charge is 2.62. The Balaban J connectivity index is 1.71. The van der Waals surface area contributed by atoms with E-state index >= 15 is 0 Å². The summed E-state index contributed by atoms with van der Waals surface area (Å²) in [6.07, 6.45) is 2.54. The monoisotopic (exact) mass is 287 g/mol. The summed E-state index contributed by atoms with van der Waals surface area (Å²) in [7, 11) is 0. The SMILES string of the molecule is CC1CC1N1C(=O)C2(CC2)NC1c1cccc([N+](=O)[O-])c1. The number of nitrogens with zero attached hydrogens (tertiary/aromatic N) is 2. The van der Waals surface area contributed by atoms with Gasteiger partial charge >= 0.3 is 0 Å². The minimum absolute atomic E-state index is 0.0716. The minimum atomic E-state index is -0.392. The van der Waals surface area contributed by atoms with Crippen LogP contribution in [0.5, 0.6) is 0 Å². The molecular weight excluding hydrogens is 270 g/mol. The molecule has 3 aliphatic rings. The van der Waals surface area contributed by atoms with Crippen LogP contribution >= 0.6 is 0 Å². The number of carbonyl (C=O) groups excluding carboxylic acids is 1. The normalized spacial score (nSPS) is 32.5. The molecule has 1 amide bonds. The van der Waals surface area contributed by atoms with Gasteiger partial charge in [0.1, 0.15) is 11.7 Å². The van der Waals surface area contributed by atoms with Crippen LogP contribution < -0.4 is 5.32 Å². The second-order valence-electron chi connectivity index (χ2n) is 6.47. The average molecular weight is 287 g/mol. The highest BCUT2D eigenvalue weighted by molar-refractivity contribution is 5.92. The average Bonchev–Trinajstić information content (AvgIpc) is 3.36. The van der Waals surface area contributed by atoms with E-state index < -0.39 is 10.5 Å². The first-order valence-electron chi connectivity index (χ1n) is 7.37. The number of rotatable bonds is 3. The third-order valence-electron chi connectivity index (χ3n) is 4.91. The number of non-ortho nitro benzene ring substituents is 1. The first-order valence-corrected chi connectivity index (χ1v) is 7.37. The molecule has 0 radical (unpaired) electrons. The van der Waals surface area contributed by atoms with Gasteiger partial charge in [-0.3, -0.25) is 20.2 Å². The maximum absolute atomic E-state index is 12.6. The van der Waals surface area contributed by atoms with E-state index in [4.69, 9.17) is 0 Å². The Morgan fingerprint density at radius 1 is 1.43 bits per heavy atom. The molecule has 3 unspecified atom stereocenters. The molecule has 2 saturated carbocycles. The number of nitro groups is 1. The molecule has 110 valence electrons. The van der Waals surface area contributed by atoms with Crippen molar-refractivity contribution < 1.29 is 9.72 Å². The number of hydrogen-bond donors (Lipinski definition) is 1. The first-order chi connectivity index (χ1) is 10.0. The second kappa shape index (κ2) is 4.04. The van der Waals surface area contributed by atoms with Crippen LogP contribution in [0.3, 0.4) is 0 Å². The summed E-state index contributed by atoms with van der Waals surface area (Å²) in [5, 5.41) is 14.4. The lowest BCUT2D eigenvalue weighted by molar-refractivity contribution is -0.385. The van der Waals surface area contributed by atoms with E-state index in [9.17, 15) is 14.9 Å². The number of benzene rings is 1. The quantitative estimate of drug-likeness (QED) is 0.681. The van der Waals surface area contributed by atoms with Crippen LogP contribution in [0.2, 0.25) is 0 Å². The van der Waals surface area contributed by atoms with Crippen molar-refractivity contribution in [3.05, 3.63) is 39.9 Å². The number of hydrogen-bond acceptors (Lipinski definition) is 4. The molecule has 2 aliphatic carbocycles. The molecule has 1 aromatic rings. The van der Waals surface area contributed by atoms with E-state index in [2.05, 4.69) is 12.2 Å². The fraction of sp³-hybridized carbons (Fsp3) is 0.533. The van der Waals surface area contributed by atoms with Crippen molar-refractivity contribution in [3.63, 3.8) is 0 Å². The van der Waals surface area contributed by atoms with Gasteiger partial charge in [0.15, 0.2) is 0 Å². The molecule has 1 saturated heterocycles. The number of nitrogens with one attached hydrogen (secondary N) is 1. The molecule has 1 aromatic carbocycles. The smallest absolute Gasteiger partial charge is 0.269 e. The topological polar surface area (TPSA) is 75.5 Å². The Kier molecular flexibility index (Phi) is 2.45. The highest BCUT2D eigenvalue weighted by atomic mass is 16.6. The number of nitro benzene ring substituents is 1. The molecule has 1 spiro atoms. The van der Waals surface area contributed by atoms with Gasteiger partial charge in [-0.2, -0.15) is 0 Å². The summed E-state index contributed by atoms with van der Waals surface area (Å²) in [6, 6.07) is 6.88. The lowest BCUT2D eigenvalue weighted by Gasteiger charge is -2.24. The van der Waals surface area contributed by atoms with E-state index in [0.717, 1.165) is 24.8 Å². The number of carbonyl (C=O) groups is 1. The van der Waals surface area contributed by atoms with Gasteiger partial charge in [-0.15, -0.1) is 0 Å². The van der Waals surface area contributed by atoms with Crippen molar-refractivity contribution in [2.24, 2.45) is 5.92 Å². The van der Waals surface area contributed by atoms with Crippen LogP contribution in [0, 0.1) is 16.0 Å². The second-order valence-corrected chi connectivity index (χ2v) is 6.47. The zero-order valence-electron chi connectivity index (χ0n) is 11.8. The van der Waals surface area contributed by atoms with Crippen molar-refractivity contribution in [2.75, 3.05) is 0 Å². The first kappa shape index (κ1) is 12.8. The van der Waals surface area contributed by atoms with Crippen molar-refractivity contribution in [3.8, 4) is 0 Å². The highest BCUT2D eigenvalue weighted by Crippen LogP contribution is 2.51. The largest absolute Gasteiger partial charge is 0.318 e. The molecule has 1 aliphatic heterocycles. The predicted octanol–water partition coefficient (Wildman–Crippen LogP) is 1.97. The summed E-state index contributed by atoms with van der Waals surface area (Å²) < 4.78 is 0. The lowest BCUT2D eigenvalue weighted by atomic mass is 10.1. The molecule has 21 heavy (non-hydrogen) atoms. The van der Waals surface area contributed by atoms with Gasteiger partial charge in [0.2, 0.25) is 5.91 Å². The Bertz CT molecular complexity index is 641. The zero-order chi connectivity index (χ0) is 14.8. The molecule has 3 fully saturated rings. The van der Waals surface area contributed by atoms with E-state index in [-0.39, 0.29) is 23.8 Å². The van der Waals surface area contributed by atoms with Gasteiger partial charge in [0.25, 0.3) is 5.69 Å². The lowest BCUT2D eigenvalue weighted by Crippen LogP contribution is -2.34. The molecule has 0 aromatic heterocycles. The van der Waals surface area contributed by atoms with Crippen LogP contribution in [0.15, 0.2) is 24.3 Å². The van der Waals surface area contributed by atoms with Gasteiger partial charge < -0.3 is 4.90 Å². The Hall–Kier alpha value is -1.95. The fourth-order valence-electron chi connectivity index (χ4n) is 3.33. The van der Waals surface area contributed by atoms with Crippen molar-refractivity contribution >= 4 is 11.6 Å². The molecule has 6 heteroatoms. The molecule has 6 nitrogen and oxygen atoms in total. The maximum Gasteiger partial charge on any atom is 0.269 e. The van der Waals surface area contributed by atoms with E-state index in [0.29, 0.717) is 5.92 Å². The van der Waals surface area contributed by atoms with Crippen LogP contribution in [0.4, 0.5) is 5.69 Å². The Morgan fingerprint density at radius 2 is 2.14 bits per heavy atom. The predicted molar refractivity (Wildman–Crippen MR) is 75.4 cm³/mol. The summed E-state index contributed by atoms with van der Waals surface area (Å²) in [5.74, 6) is 0.694.